The third-order valence-corrected chi connectivity index (χ3v) is 4.05. The largest absolute Gasteiger partial charge is 0.328 e. The lowest BCUT2D eigenvalue weighted by atomic mass is 9.90. The molecule has 0 aromatic heterocycles. The summed E-state index contributed by atoms with van der Waals surface area (Å²) in [6.45, 7) is 3.38. The van der Waals surface area contributed by atoms with E-state index in [1.54, 1.807) is 0 Å². The number of nitrogens with zero attached hydrogens (tertiary/aromatic N) is 1. The topological polar surface area (TPSA) is 29.3 Å². The molecule has 2 N–H and O–H groups in total. The standard InChI is InChI=1S/C15H22F2N2/c1-2-19(14-6-4-13(18)5-7-14)10-11-9-12(16)3-8-15(11)17/h3,8-9,13-14H,2,4-7,10,18H2,1H3. The van der Waals surface area contributed by atoms with Gasteiger partial charge in [-0.3, -0.25) is 4.90 Å². The smallest absolute Gasteiger partial charge is 0.127 e. The summed E-state index contributed by atoms with van der Waals surface area (Å²) in [6.07, 6.45) is 4.14. The van der Waals surface area contributed by atoms with Gasteiger partial charge in [0.15, 0.2) is 0 Å². The molecule has 0 spiro atoms. The van der Waals surface area contributed by atoms with E-state index in [4.69, 9.17) is 5.73 Å². The maximum atomic E-state index is 13.7. The molecule has 1 aliphatic carbocycles. The van der Waals surface area contributed by atoms with Crippen LogP contribution >= 0.6 is 0 Å². The number of nitrogens with two attached hydrogens (primary N) is 1. The highest BCUT2D eigenvalue weighted by molar-refractivity contribution is 5.18. The Morgan fingerprint density at radius 1 is 1.21 bits per heavy atom. The molecule has 106 valence electrons. The van der Waals surface area contributed by atoms with Crippen molar-refractivity contribution in [3.8, 4) is 0 Å². The second kappa shape index (κ2) is 6.44. The molecular weight excluding hydrogens is 246 g/mol. The van der Waals surface area contributed by atoms with Gasteiger partial charge in [0.25, 0.3) is 0 Å². The van der Waals surface area contributed by atoms with Crippen LogP contribution in [0.15, 0.2) is 18.2 Å². The third kappa shape index (κ3) is 3.74. The average Bonchev–Trinajstić information content (AvgIpc) is 2.41. The molecule has 4 heteroatoms. The van der Waals surface area contributed by atoms with Crippen molar-refractivity contribution in [2.75, 3.05) is 6.54 Å². The Kier molecular flexibility index (Phi) is 4.88. The minimum absolute atomic E-state index is 0.306. The van der Waals surface area contributed by atoms with Gasteiger partial charge in [-0.25, -0.2) is 8.78 Å². The summed E-state index contributed by atoms with van der Waals surface area (Å²) in [4.78, 5) is 2.23. The lowest BCUT2D eigenvalue weighted by Gasteiger charge is -2.35. The van der Waals surface area contributed by atoms with E-state index < -0.39 is 0 Å². The highest BCUT2D eigenvalue weighted by Crippen LogP contribution is 2.24. The molecule has 0 saturated heterocycles. The number of hydrogen-bond donors (Lipinski definition) is 1. The fourth-order valence-electron chi connectivity index (χ4n) is 2.85. The molecule has 1 aromatic carbocycles. The third-order valence-electron chi connectivity index (χ3n) is 4.05. The van der Waals surface area contributed by atoms with Gasteiger partial charge in [0.2, 0.25) is 0 Å². The van der Waals surface area contributed by atoms with Gasteiger partial charge >= 0.3 is 0 Å². The Hall–Kier alpha value is -1.00. The molecule has 1 saturated carbocycles. The first-order valence-electron chi connectivity index (χ1n) is 7.03. The van der Waals surface area contributed by atoms with Crippen molar-refractivity contribution >= 4 is 0 Å². The Morgan fingerprint density at radius 3 is 2.53 bits per heavy atom. The summed E-state index contributed by atoms with van der Waals surface area (Å²) in [5, 5.41) is 0. The van der Waals surface area contributed by atoms with Gasteiger partial charge < -0.3 is 5.73 Å². The molecular formula is C15H22F2N2. The summed E-state index contributed by atoms with van der Waals surface area (Å²) in [5.74, 6) is -0.703. The van der Waals surface area contributed by atoms with Gasteiger partial charge in [0, 0.05) is 24.2 Å². The first-order chi connectivity index (χ1) is 9.10. The molecule has 1 aliphatic rings. The van der Waals surface area contributed by atoms with Crippen LogP contribution in [0.1, 0.15) is 38.2 Å². The molecule has 0 aliphatic heterocycles. The number of halogens is 2. The molecule has 0 radical (unpaired) electrons. The number of rotatable bonds is 4. The molecule has 0 heterocycles. The molecule has 0 unspecified atom stereocenters. The Bertz CT molecular complexity index is 415. The van der Waals surface area contributed by atoms with Crippen molar-refractivity contribution in [1.29, 1.82) is 0 Å². The van der Waals surface area contributed by atoms with Gasteiger partial charge in [-0.1, -0.05) is 6.92 Å². The maximum Gasteiger partial charge on any atom is 0.127 e. The highest BCUT2D eigenvalue weighted by atomic mass is 19.1. The zero-order valence-corrected chi connectivity index (χ0v) is 11.4. The van der Waals surface area contributed by atoms with E-state index in [2.05, 4.69) is 11.8 Å². The molecule has 1 fully saturated rings. The van der Waals surface area contributed by atoms with Crippen LogP contribution in [0.5, 0.6) is 0 Å². The highest BCUT2D eigenvalue weighted by Gasteiger charge is 2.24. The molecule has 19 heavy (non-hydrogen) atoms. The molecule has 2 rings (SSSR count). The van der Waals surface area contributed by atoms with Crippen molar-refractivity contribution in [1.82, 2.24) is 4.90 Å². The van der Waals surface area contributed by atoms with E-state index in [0.29, 0.717) is 24.2 Å². The summed E-state index contributed by atoms with van der Waals surface area (Å²) in [7, 11) is 0. The zero-order valence-electron chi connectivity index (χ0n) is 11.4. The molecule has 2 nitrogen and oxygen atoms in total. The van der Waals surface area contributed by atoms with Crippen LogP contribution in [0, 0.1) is 11.6 Å². The van der Waals surface area contributed by atoms with Crippen LogP contribution in [0.4, 0.5) is 8.78 Å². The van der Waals surface area contributed by atoms with Crippen LogP contribution in [-0.2, 0) is 6.54 Å². The Morgan fingerprint density at radius 2 is 1.89 bits per heavy atom. The van der Waals surface area contributed by atoms with E-state index in [9.17, 15) is 8.78 Å². The van der Waals surface area contributed by atoms with Crippen molar-refractivity contribution in [2.24, 2.45) is 5.73 Å². The first kappa shape index (κ1) is 14.4. The van der Waals surface area contributed by atoms with E-state index >= 15 is 0 Å². The van der Waals surface area contributed by atoms with E-state index in [-0.39, 0.29) is 11.6 Å². The average molecular weight is 268 g/mol. The monoisotopic (exact) mass is 268 g/mol. The van der Waals surface area contributed by atoms with Crippen molar-refractivity contribution in [3.05, 3.63) is 35.4 Å². The van der Waals surface area contributed by atoms with Crippen LogP contribution in [0.3, 0.4) is 0 Å². The minimum atomic E-state index is -0.377. The summed E-state index contributed by atoms with van der Waals surface area (Å²) in [6, 6.07) is 4.41. The SMILES string of the molecule is CCN(Cc1cc(F)ccc1F)C1CCC(N)CC1. The lowest BCUT2D eigenvalue weighted by Crippen LogP contribution is -2.40. The summed E-state index contributed by atoms with van der Waals surface area (Å²) in [5.41, 5.74) is 6.35. The van der Waals surface area contributed by atoms with E-state index in [0.717, 1.165) is 38.3 Å². The Balaban J connectivity index is 2.04. The van der Waals surface area contributed by atoms with Gasteiger partial charge in [-0.05, 0) is 50.4 Å². The normalized spacial score (nSPS) is 23.8. The Labute approximate surface area is 113 Å². The number of hydrogen-bond acceptors (Lipinski definition) is 2. The summed E-state index contributed by atoms with van der Waals surface area (Å²) < 4.78 is 26.9. The zero-order chi connectivity index (χ0) is 13.8. The second-order valence-corrected chi connectivity index (χ2v) is 5.37. The van der Waals surface area contributed by atoms with Crippen molar-refractivity contribution in [2.45, 2.75) is 51.2 Å². The van der Waals surface area contributed by atoms with Crippen LogP contribution in [0.2, 0.25) is 0 Å². The van der Waals surface area contributed by atoms with Gasteiger partial charge in [-0.2, -0.15) is 0 Å². The molecule has 0 amide bonds. The molecule has 1 aromatic rings. The quantitative estimate of drug-likeness (QED) is 0.909. The van der Waals surface area contributed by atoms with Gasteiger partial charge in [0.1, 0.15) is 11.6 Å². The van der Waals surface area contributed by atoms with Crippen molar-refractivity contribution in [3.63, 3.8) is 0 Å². The van der Waals surface area contributed by atoms with Crippen LogP contribution in [-0.4, -0.2) is 23.5 Å². The summed E-state index contributed by atoms with van der Waals surface area (Å²) >= 11 is 0. The predicted molar refractivity (Wildman–Crippen MR) is 72.7 cm³/mol. The molecule has 0 atom stereocenters. The number of benzene rings is 1. The lowest BCUT2D eigenvalue weighted by molar-refractivity contribution is 0.147. The van der Waals surface area contributed by atoms with Crippen molar-refractivity contribution < 1.29 is 8.78 Å². The fourth-order valence-corrected chi connectivity index (χ4v) is 2.85. The first-order valence-corrected chi connectivity index (χ1v) is 7.03. The maximum absolute atomic E-state index is 13.7. The minimum Gasteiger partial charge on any atom is -0.328 e. The van der Waals surface area contributed by atoms with E-state index in [1.807, 2.05) is 0 Å². The molecule has 0 bridgehead atoms. The second-order valence-electron chi connectivity index (χ2n) is 5.37. The van der Waals surface area contributed by atoms with Crippen LogP contribution in [0.25, 0.3) is 0 Å². The predicted octanol–water partition coefficient (Wildman–Crippen LogP) is 3.06. The van der Waals surface area contributed by atoms with Gasteiger partial charge in [0.05, 0.1) is 0 Å². The van der Waals surface area contributed by atoms with E-state index in [1.165, 1.54) is 12.1 Å². The van der Waals surface area contributed by atoms with Crippen LogP contribution < -0.4 is 5.73 Å². The fraction of sp³-hybridized carbons (Fsp3) is 0.600. The van der Waals surface area contributed by atoms with Gasteiger partial charge in [-0.15, -0.1) is 0 Å².